The molecule has 1 heterocycles. The van der Waals surface area contributed by atoms with Crippen molar-refractivity contribution in [1.29, 1.82) is 0 Å². The van der Waals surface area contributed by atoms with E-state index in [-0.39, 0.29) is 11.9 Å². The molecule has 0 bridgehead atoms. The van der Waals surface area contributed by atoms with Crippen LogP contribution in [0.15, 0.2) is 24.3 Å². The smallest absolute Gasteiger partial charge is 0.321 e. The minimum atomic E-state index is -0.0857. The van der Waals surface area contributed by atoms with Gasteiger partial charge in [-0.2, -0.15) is 0 Å². The molecule has 1 atom stereocenters. The lowest BCUT2D eigenvalue weighted by molar-refractivity contribution is -0.121. The van der Waals surface area contributed by atoms with Crippen molar-refractivity contribution in [3.8, 4) is 0 Å². The molecule has 1 fully saturated rings. The highest BCUT2D eigenvalue weighted by Crippen LogP contribution is 2.22. The SMILES string of the molecule is CCCNC(=O)CC[C@H]1CCCN(C(=O)Nc2ccc(Cl)cc2)C1. The Morgan fingerprint density at radius 2 is 2.04 bits per heavy atom. The highest BCUT2D eigenvalue weighted by Gasteiger charge is 2.24. The van der Waals surface area contributed by atoms with E-state index < -0.39 is 0 Å². The van der Waals surface area contributed by atoms with Crippen LogP contribution in [0.5, 0.6) is 0 Å². The van der Waals surface area contributed by atoms with Crippen LogP contribution in [0.3, 0.4) is 0 Å². The van der Waals surface area contributed by atoms with Crippen LogP contribution in [-0.4, -0.2) is 36.5 Å². The van der Waals surface area contributed by atoms with Crippen molar-refractivity contribution in [3.05, 3.63) is 29.3 Å². The summed E-state index contributed by atoms with van der Waals surface area (Å²) in [5.74, 6) is 0.502. The van der Waals surface area contributed by atoms with Gasteiger partial charge in [-0.05, 0) is 55.9 Å². The summed E-state index contributed by atoms with van der Waals surface area (Å²) in [6.07, 6.45) is 4.38. The van der Waals surface area contributed by atoms with Crippen LogP contribution >= 0.6 is 11.6 Å². The Morgan fingerprint density at radius 3 is 2.75 bits per heavy atom. The van der Waals surface area contributed by atoms with Crippen molar-refractivity contribution in [3.63, 3.8) is 0 Å². The van der Waals surface area contributed by atoms with E-state index >= 15 is 0 Å². The standard InChI is InChI=1S/C18H26ClN3O2/c1-2-11-20-17(23)10-5-14-4-3-12-22(13-14)18(24)21-16-8-6-15(19)7-9-16/h6-9,14H,2-5,10-13H2,1H3,(H,20,23)(H,21,24)/t14-/m1/s1. The number of amides is 3. The number of piperidine rings is 1. The number of halogens is 1. The van der Waals surface area contributed by atoms with Gasteiger partial charge in [0.2, 0.25) is 5.91 Å². The van der Waals surface area contributed by atoms with Crippen LogP contribution in [0, 0.1) is 5.92 Å². The van der Waals surface area contributed by atoms with Crippen molar-refractivity contribution < 1.29 is 9.59 Å². The van der Waals surface area contributed by atoms with Crippen molar-refractivity contribution in [1.82, 2.24) is 10.2 Å². The van der Waals surface area contributed by atoms with Gasteiger partial charge in [-0.1, -0.05) is 18.5 Å². The van der Waals surface area contributed by atoms with Gasteiger partial charge < -0.3 is 15.5 Å². The second kappa shape index (κ2) is 9.52. The highest BCUT2D eigenvalue weighted by molar-refractivity contribution is 6.30. The van der Waals surface area contributed by atoms with Gasteiger partial charge >= 0.3 is 6.03 Å². The zero-order valence-electron chi connectivity index (χ0n) is 14.2. The molecule has 0 aromatic heterocycles. The molecule has 2 rings (SSSR count). The number of hydrogen-bond donors (Lipinski definition) is 2. The van der Waals surface area contributed by atoms with Gasteiger partial charge in [0.15, 0.2) is 0 Å². The zero-order chi connectivity index (χ0) is 17.4. The minimum Gasteiger partial charge on any atom is -0.356 e. The Balaban J connectivity index is 1.78. The van der Waals surface area contributed by atoms with E-state index in [0.29, 0.717) is 23.9 Å². The van der Waals surface area contributed by atoms with Crippen molar-refractivity contribution >= 4 is 29.2 Å². The van der Waals surface area contributed by atoms with Crippen LogP contribution in [0.2, 0.25) is 5.02 Å². The average molecular weight is 352 g/mol. The quantitative estimate of drug-likeness (QED) is 0.816. The van der Waals surface area contributed by atoms with Crippen molar-refractivity contribution in [2.75, 3.05) is 25.0 Å². The zero-order valence-corrected chi connectivity index (χ0v) is 14.9. The maximum atomic E-state index is 12.4. The minimum absolute atomic E-state index is 0.0857. The Hall–Kier alpha value is -1.75. The third-order valence-corrected chi connectivity index (χ3v) is 4.51. The summed E-state index contributed by atoms with van der Waals surface area (Å²) in [6, 6.07) is 7.01. The molecule has 1 aromatic rings. The maximum absolute atomic E-state index is 12.4. The molecule has 0 radical (unpaired) electrons. The molecule has 1 aromatic carbocycles. The summed E-state index contributed by atoms with van der Waals surface area (Å²) < 4.78 is 0. The van der Waals surface area contributed by atoms with Gasteiger partial charge in [-0.3, -0.25) is 4.79 Å². The lowest BCUT2D eigenvalue weighted by atomic mass is 9.93. The summed E-state index contributed by atoms with van der Waals surface area (Å²) in [5.41, 5.74) is 0.741. The fourth-order valence-electron chi connectivity index (χ4n) is 2.91. The van der Waals surface area contributed by atoms with Gasteiger partial charge in [0.05, 0.1) is 0 Å². The topological polar surface area (TPSA) is 61.4 Å². The first-order valence-corrected chi connectivity index (χ1v) is 9.04. The van der Waals surface area contributed by atoms with E-state index in [9.17, 15) is 9.59 Å². The molecule has 24 heavy (non-hydrogen) atoms. The van der Waals surface area contributed by atoms with E-state index in [1.54, 1.807) is 24.3 Å². The molecule has 2 N–H and O–H groups in total. The molecule has 6 heteroatoms. The molecule has 1 aliphatic rings. The number of nitrogens with zero attached hydrogens (tertiary/aromatic N) is 1. The summed E-state index contributed by atoms with van der Waals surface area (Å²) in [4.78, 5) is 25.9. The molecule has 0 spiro atoms. The molecule has 1 aliphatic heterocycles. The normalized spacial score (nSPS) is 17.4. The summed E-state index contributed by atoms with van der Waals surface area (Å²) >= 11 is 5.85. The van der Waals surface area contributed by atoms with Crippen LogP contribution in [0.1, 0.15) is 39.0 Å². The van der Waals surface area contributed by atoms with Crippen LogP contribution in [0.25, 0.3) is 0 Å². The molecular formula is C18H26ClN3O2. The Bertz CT molecular complexity index is 548. The van der Waals surface area contributed by atoms with E-state index in [1.807, 2.05) is 11.8 Å². The number of likely N-dealkylation sites (tertiary alicyclic amines) is 1. The molecular weight excluding hydrogens is 326 g/mol. The number of nitrogens with one attached hydrogen (secondary N) is 2. The molecule has 3 amide bonds. The fourth-order valence-corrected chi connectivity index (χ4v) is 3.03. The number of anilines is 1. The Morgan fingerprint density at radius 1 is 1.29 bits per heavy atom. The average Bonchev–Trinajstić information content (AvgIpc) is 2.60. The summed E-state index contributed by atoms with van der Waals surface area (Å²) in [6.45, 7) is 4.25. The third kappa shape index (κ3) is 6.04. The number of hydrogen-bond acceptors (Lipinski definition) is 2. The molecule has 1 saturated heterocycles. The fraction of sp³-hybridized carbons (Fsp3) is 0.556. The third-order valence-electron chi connectivity index (χ3n) is 4.25. The van der Waals surface area contributed by atoms with E-state index in [0.717, 1.165) is 44.5 Å². The second-order valence-electron chi connectivity index (χ2n) is 6.28. The van der Waals surface area contributed by atoms with Gasteiger partial charge in [-0.25, -0.2) is 4.79 Å². The van der Waals surface area contributed by atoms with Gasteiger partial charge in [0, 0.05) is 36.8 Å². The van der Waals surface area contributed by atoms with Crippen LogP contribution in [-0.2, 0) is 4.79 Å². The molecule has 0 saturated carbocycles. The van der Waals surface area contributed by atoms with Crippen LogP contribution < -0.4 is 10.6 Å². The highest BCUT2D eigenvalue weighted by atomic mass is 35.5. The first-order valence-electron chi connectivity index (χ1n) is 8.66. The second-order valence-corrected chi connectivity index (χ2v) is 6.72. The molecule has 132 valence electrons. The number of carbonyl (C=O) groups is 2. The maximum Gasteiger partial charge on any atom is 0.321 e. The largest absolute Gasteiger partial charge is 0.356 e. The van der Waals surface area contributed by atoms with Gasteiger partial charge in [0.1, 0.15) is 0 Å². The number of benzene rings is 1. The van der Waals surface area contributed by atoms with Gasteiger partial charge in [0.25, 0.3) is 0 Å². The number of urea groups is 1. The number of carbonyl (C=O) groups excluding carboxylic acids is 2. The predicted molar refractivity (Wildman–Crippen MR) is 97.3 cm³/mol. The predicted octanol–water partition coefficient (Wildman–Crippen LogP) is 3.89. The van der Waals surface area contributed by atoms with E-state index in [1.165, 1.54) is 0 Å². The lowest BCUT2D eigenvalue weighted by Gasteiger charge is -2.32. The molecule has 5 nitrogen and oxygen atoms in total. The first-order chi connectivity index (χ1) is 11.6. The summed E-state index contributed by atoms with van der Waals surface area (Å²) in [7, 11) is 0. The summed E-state index contributed by atoms with van der Waals surface area (Å²) in [5, 5.41) is 6.45. The van der Waals surface area contributed by atoms with Crippen molar-refractivity contribution in [2.24, 2.45) is 5.92 Å². The monoisotopic (exact) mass is 351 g/mol. The first kappa shape index (κ1) is 18.6. The number of rotatable bonds is 6. The van der Waals surface area contributed by atoms with Crippen molar-refractivity contribution in [2.45, 2.75) is 39.0 Å². The van der Waals surface area contributed by atoms with Crippen LogP contribution in [0.4, 0.5) is 10.5 Å². The van der Waals surface area contributed by atoms with E-state index in [4.69, 9.17) is 11.6 Å². The molecule has 0 aliphatic carbocycles. The Labute approximate surface area is 148 Å². The lowest BCUT2D eigenvalue weighted by Crippen LogP contribution is -2.42. The van der Waals surface area contributed by atoms with E-state index in [2.05, 4.69) is 10.6 Å². The molecule has 0 unspecified atom stereocenters. The Kier molecular flexibility index (Phi) is 7.37. The van der Waals surface area contributed by atoms with Gasteiger partial charge in [-0.15, -0.1) is 0 Å².